The number of para-hydroxylation sites is 1. The Labute approximate surface area is 190 Å². The van der Waals surface area contributed by atoms with Gasteiger partial charge in [-0.3, -0.25) is 9.69 Å². The van der Waals surface area contributed by atoms with Crippen LogP contribution in [-0.4, -0.2) is 49.6 Å². The van der Waals surface area contributed by atoms with Crippen molar-refractivity contribution in [1.82, 2.24) is 10.2 Å². The predicted molar refractivity (Wildman–Crippen MR) is 130 cm³/mol. The fraction of sp³-hybridized carbons (Fsp3) is 0.720. The van der Waals surface area contributed by atoms with Crippen molar-refractivity contribution < 1.29 is 4.79 Å². The standard InChI is InChI=1S/C25H41N3O.ClH/c1-19(2)26-24(29)18-27-14-16-28(17-15-27)23-9-7-6-8-22(23)20-10-12-21(13-11-20)25(3,4)5;/h6-9,19-21H,10-18H2,1-5H3,(H,26,29);1H. The van der Waals surface area contributed by atoms with Gasteiger partial charge in [0.1, 0.15) is 0 Å². The lowest BCUT2D eigenvalue weighted by Gasteiger charge is -2.40. The topological polar surface area (TPSA) is 35.6 Å². The number of rotatable bonds is 5. The zero-order chi connectivity index (χ0) is 21.0. The second-order valence-electron chi connectivity index (χ2n) is 10.5. The van der Waals surface area contributed by atoms with Gasteiger partial charge in [0.2, 0.25) is 5.91 Å². The van der Waals surface area contributed by atoms with Crippen LogP contribution in [0.15, 0.2) is 24.3 Å². The number of nitrogens with one attached hydrogen (secondary N) is 1. The van der Waals surface area contributed by atoms with Crippen molar-refractivity contribution in [1.29, 1.82) is 0 Å². The minimum atomic E-state index is 0. The van der Waals surface area contributed by atoms with Gasteiger partial charge in [-0.05, 0) is 68.4 Å². The molecule has 0 atom stereocenters. The molecule has 1 heterocycles. The first-order valence-electron chi connectivity index (χ1n) is 11.6. The predicted octanol–water partition coefficient (Wildman–Crippen LogP) is 5.07. The van der Waals surface area contributed by atoms with E-state index in [0.29, 0.717) is 17.9 Å². The molecule has 30 heavy (non-hydrogen) atoms. The van der Waals surface area contributed by atoms with Gasteiger partial charge in [0.15, 0.2) is 0 Å². The maximum absolute atomic E-state index is 12.1. The van der Waals surface area contributed by atoms with E-state index in [1.165, 1.54) is 31.4 Å². The smallest absolute Gasteiger partial charge is 0.234 e. The van der Waals surface area contributed by atoms with E-state index < -0.39 is 0 Å². The Morgan fingerprint density at radius 3 is 2.20 bits per heavy atom. The van der Waals surface area contributed by atoms with E-state index in [2.05, 4.69) is 60.2 Å². The molecule has 5 heteroatoms. The van der Waals surface area contributed by atoms with Crippen LogP contribution in [0, 0.1) is 11.3 Å². The van der Waals surface area contributed by atoms with Gasteiger partial charge in [0, 0.05) is 37.9 Å². The fourth-order valence-corrected chi connectivity index (χ4v) is 5.11. The minimum Gasteiger partial charge on any atom is -0.369 e. The van der Waals surface area contributed by atoms with E-state index in [1.807, 2.05) is 13.8 Å². The summed E-state index contributed by atoms with van der Waals surface area (Å²) in [5.74, 6) is 1.69. The number of hydrogen-bond acceptors (Lipinski definition) is 3. The zero-order valence-electron chi connectivity index (χ0n) is 19.6. The van der Waals surface area contributed by atoms with Crippen molar-refractivity contribution in [3.63, 3.8) is 0 Å². The molecule has 1 amide bonds. The van der Waals surface area contributed by atoms with Crippen LogP contribution in [-0.2, 0) is 4.79 Å². The molecule has 1 aromatic carbocycles. The highest BCUT2D eigenvalue weighted by molar-refractivity contribution is 5.85. The molecule has 3 rings (SSSR count). The Hall–Kier alpha value is -1.26. The third-order valence-corrected chi connectivity index (χ3v) is 6.86. The molecule has 0 aromatic heterocycles. The second kappa shape index (κ2) is 10.9. The van der Waals surface area contributed by atoms with Gasteiger partial charge in [-0.1, -0.05) is 39.0 Å². The molecule has 2 aliphatic rings. The number of anilines is 1. The Morgan fingerprint density at radius 2 is 1.63 bits per heavy atom. The summed E-state index contributed by atoms with van der Waals surface area (Å²) in [4.78, 5) is 16.9. The molecule has 1 saturated heterocycles. The van der Waals surface area contributed by atoms with Crippen LogP contribution in [0.3, 0.4) is 0 Å². The van der Waals surface area contributed by atoms with Crippen LogP contribution in [0.25, 0.3) is 0 Å². The lowest BCUT2D eigenvalue weighted by molar-refractivity contribution is -0.122. The lowest BCUT2D eigenvalue weighted by atomic mass is 9.68. The molecule has 1 aromatic rings. The maximum Gasteiger partial charge on any atom is 0.234 e. The summed E-state index contributed by atoms with van der Waals surface area (Å²) in [5, 5.41) is 3.00. The summed E-state index contributed by atoms with van der Waals surface area (Å²) in [7, 11) is 0. The third kappa shape index (κ3) is 6.62. The van der Waals surface area contributed by atoms with Crippen LogP contribution in [0.1, 0.15) is 71.8 Å². The van der Waals surface area contributed by atoms with Crippen molar-refractivity contribution in [3.8, 4) is 0 Å². The quantitative estimate of drug-likeness (QED) is 0.700. The minimum absolute atomic E-state index is 0. The molecule has 1 N–H and O–H groups in total. The molecular weight excluding hydrogens is 394 g/mol. The summed E-state index contributed by atoms with van der Waals surface area (Å²) in [6.45, 7) is 15.7. The number of piperazine rings is 1. The van der Waals surface area contributed by atoms with E-state index in [4.69, 9.17) is 0 Å². The summed E-state index contributed by atoms with van der Waals surface area (Å²) in [5.41, 5.74) is 3.41. The molecule has 0 unspecified atom stereocenters. The van der Waals surface area contributed by atoms with Crippen molar-refractivity contribution in [2.75, 3.05) is 37.6 Å². The SMILES string of the molecule is CC(C)NC(=O)CN1CCN(c2ccccc2C2CCC(C(C)(C)C)CC2)CC1.Cl. The molecule has 0 radical (unpaired) electrons. The number of halogens is 1. The lowest BCUT2D eigenvalue weighted by Crippen LogP contribution is -2.50. The van der Waals surface area contributed by atoms with Gasteiger partial charge >= 0.3 is 0 Å². The highest BCUT2D eigenvalue weighted by atomic mass is 35.5. The largest absolute Gasteiger partial charge is 0.369 e. The Kier molecular flexibility index (Phi) is 9.05. The number of carbonyl (C=O) groups is 1. The molecule has 1 saturated carbocycles. The monoisotopic (exact) mass is 435 g/mol. The van der Waals surface area contributed by atoms with E-state index >= 15 is 0 Å². The molecule has 1 aliphatic carbocycles. The zero-order valence-corrected chi connectivity index (χ0v) is 20.4. The Balaban J connectivity index is 0.00000320. The number of hydrogen-bond donors (Lipinski definition) is 1. The third-order valence-electron chi connectivity index (χ3n) is 6.86. The molecule has 170 valence electrons. The van der Waals surface area contributed by atoms with Gasteiger partial charge in [-0.15, -0.1) is 12.4 Å². The Morgan fingerprint density at radius 1 is 1.03 bits per heavy atom. The van der Waals surface area contributed by atoms with Crippen LogP contribution in [0.4, 0.5) is 5.69 Å². The highest BCUT2D eigenvalue weighted by Gasteiger charge is 2.31. The summed E-state index contributed by atoms with van der Waals surface area (Å²) in [6, 6.07) is 9.28. The molecular formula is C25H42ClN3O. The average Bonchev–Trinajstić information content (AvgIpc) is 2.67. The molecule has 4 nitrogen and oxygen atoms in total. The number of amides is 1. The first-order valence-corrected chi connectivity index (χ1v) is 11.6. The molecule has 1 aliphatic heterocycles. The van der Waals surface area contributed by atoms with Crippen LogP contribution >= 0.6 is 12.4 Å². The molecule has 2 fully saturated rings. The van der Waals surface area contributed by atoms with Gasteiger partial charge in [-0.2, -0.15) is 0 Å². The van der Waals surface area contributed by atoms with E-state index in [9.17, 15) is 4.79 Å². The number of benzene rings is 1. The van der Waals surface area contributed by atoms with E-state index in [-0.39, 0.29) is 24.4 Å². The first-order chi connectivity index (χ1) is 13.7. The number of carbonyl (C=O) groups excluding carboxylic acids is 1. The van der Waals surface area contributed by atoms with Gasteiger partial charge < -0.3 is 10.2 Å². The fourth-order valence-electron chi connectivity index (χ4n) is 5.11. The van der Waals surface area contributed by atoms with Crippen LogP contribution < -0.4 is 10.2 Å². The molecule has 0 bridgehead atoms. The van der Waals surface area contributed by atoms with E-state index in [1.54, 1.807) is 5.56 Å². The maximum atomic E-state index is 12.1. The molecule has 0 spiro atoms. The van der Waals surface area contributed by atoms with Gasteiger partial charge in [0.25, 0.3) is 0 Å². The summed E-state index contributed by atoms with van der Waals surface area (Å²) < 4.78 is 0. The number of nitrogens with zero attached hydrogens (tertiary/aromatic N) is 2. The van der Waals surface area contributed by atoms with Crippen molar-refractivity contribution in [2.24, 2.45) is 11.3 Å². The summed E-state index contributed by atoms with van der Waals surface area (Å²) >= 11 is 0. The first kappa shape index (κ1) is 25.0. The van der Waals surface area contributed by atoms with Gasteiger partial charge in [0.05, 0.1) is 6.54 Å². The van der Waals surface area contributed by atoms with Crippen molar-refractivity contribution in [3.05, 3.63) is 29.8 Å². The second-order valence-corrected chi connectivity index (χ2v) is 10.5. The van der Waals surface area contributed by atoms with Gasteiger partial charge in [-0.25, -0.2) is 0 Å². The average molecular weight is 436 g/mol. The van der Waals surface area contributed by atoms with E-state index in [0.717, 1.165) is 32.1 Å². The van der Waals surface area contributed by atoms with Crippen molar-refractivity contribution >= 4 is 24.0 Å². The summed E-state index contributed by atoms with van der Waals surface area (Å²) in [6.07, 6.45) is 5.32. The normalized spacial score (nSPS) is 23.2. The Bertz CT molecular complexity index is 669. The highest BCUT2D eigenvalue weighted by Crippen LogP contribution is 2.45. The van der Waals surface area contributed by atoms with Crippen molar-refractivity contribution in [2.45, 2.75) is 72.3 Å². The van der Waals surface area contributed by atoms with Crippen LogP contribution in [0.2, 0.25) is 0 Å². The van der Waals surface area contributed by atoms with Crippen LogP contribution in [0.5, 0.6) is 0 Å².